The van der Waals surface area contributed by atoms with Gasteiger partial charge in [-0.15, -0.1) is 0 Å². The molecule has 0 spiro atoms. The average Bonchev–Trinajstić information content (AvgIpc) is 3.61. The van der Waals surface area contributed by atoms with Gasteiger partial charge in [-0.3, -0.25) is 0 Å². The first-order valence-corrected chi connectivity index (χ1v) is 12.5. The number of para-hydroxylation sites is 4. The fourth-order valence-electron chi connectivity index (χ4n) is 4.80. The van der Waals surface area contributed by atoms with Crippen LogP contribution in [0.1, 0.15) is 0 Å². The van der Waals surface area contributed by atoms with E-state index in [1.807, 2.05) is 97.1 Å². The second-order valence-corrected chi connectivity index (χ2v) is 9.03. The van der Waals surface area contributed by atoms with Gasteiger partial charge in [0.25, 0.3) is 0 Å². The summed E-state index contributed by atoms with van der Waals surface area (Å²) < 4.78 is 11.7. The van der Waals surface area contributed by atoms with Crippen molar-refractivity contribution in [3.8, 4) is 22.9 Å². The van der Waals surface area contributed by atoms with E-state index in [0.29, 0.717) is 11.8 Å². The Kier molecular flexibility index (Phi) is 6.76. The monoisotopic (exact) mass is 683 g/mol. The van der Waals surface area contributed by atoms with Gasteiger partial charge in [0, 0.05) is 11.1 Å². The van der Waals surface area contributed by atoms with Crippen molar-refractivity contribution < 1.29 is 28.9 Å². The number of fused-ring (bicyclic) bond motifs is 4. The van der Waals surface area contributed by atoms with Gasteiger partial charge >= 0.3 is 20.1 Å². The Bertz CT molecular complexity index is 1830. The molecule has 0 aliphatic carbocycles. The molecule has 0 bridgehead atoms. The molecule has 0 aliphatic rings. The third-order valence-corrected chi connectivity index (χ3v) is 6.63. The van der Waals surface area contributed by atoms with Gasteiger partial charge in [-0.05, 0) is 57.9 Å². The summed E-state index contributed by atoms with van der Waals surface area (Å²) in [6.07, 6.45) is 0. The molecule has 0 fully saturated rings. The molecule has 2 aromatic heterocycles. The quantitative estimate of drug-likeness (QED) is 0.182. The Balaban J connectivity index is 0.000000138. The molecule has 4 nitrogen and oxygen atoms in total. The minimum atomic E-state index is 0. The van der Waals surface area contributed by atoms with Crippen molar-refractivity contribution in [3.63, 3.8) is 0 Å². The van der Waals surface area contributed by atoms with Gasteiger partial charge in [-0.2, -0.15) is 0 Å². The first kappa shape index (κ1) is 24.7. The predicted octanol–water partition coefficient (Wildman–Crippen LogP) is 9.29. The predicted molar refractivity (Wildman–Crippen MR) is 154 cm³/mol. The molecular formula is C34H22IrN2O2+3. The maximum atomic E-state index is 5.85. The minimum Gasteiger partial charge on any atom is -0.436 e. The molecule has 0 amide bonds. The van der Waals surface area contributed by atoms with Crippen LogP contribution in [0.3, 0.4) is 0 Å². The van der Waals surface area contributed by atoms with Crippen LogP contribution in [-0.4, -0.2) is 9.97 Å². The summed E-state index contributed by atoms with van der Waals surface area (Å²) in [5.74, 6) is 1.36. The Hall–Kier alpha value is -4.57. The number of hydrogen-bond acceptors (Lipinski definition) is 4. The number of rotatable bonds is 2. The maximum Gasteiger partial charge on any atom is 3.00 e. The largest absolute Gasteiger partial charge is 3.00 e. The summed E-state index contributed by atoms with van der Waals surface area (Å²) in [6, 6.07) is 44.6. The Labute approximate surface area is 238 Å². The molecule has 8 aromatic rings. The Morgan fingerprint density at radius 2 is 0.769 bits per heavy atom. The molecule has 0 atom stereocenters. The zero-order valence-corrected chi connectivity index (χ0v) is 23.1. The van der Waals surface area contributed by atoms with E-state index in [-0.39, 0.29) is 20.1 Å². The molecule has 8 rings (SSSR count). The molecule has 0 saturated heterocycles. The molecule has 6 aromatic carbocycles. The third-order valence-electron chi connectivity index (χ3n) is 6.63. The van der Waals surface area contributed by atoms with E-state index in [9.17, 15) is 0 Å². The summed E-state index contributed by atoms with van der Waals surface area (Å²) in [7, 11) is 0. The zero-order valence-electron chi connectivity index (χ0n) is 20.7. The van der Waals surface area contributed by atoms with Gasteiger partial charge in [0.2, 0.25) is 11.8 Å². The van der Waals surface area contributed by atoms with Crippen LogP contribution in [0.5, 0.6) is 0 Å². The third kappa shape index (κ3) is 4.74. The normalized spacial score (nSPS) is 10.9. The second-order valence-electron chi connectivity index (χ2n) is 9.03. The van der Waals surface area contributed by atoms with Crippen molar-refractivity contribution >= 4 is 43.7 Å². The van der Waals surface area contributed by atoms with Gasteiger partial charge < -0.3 is 8.83 Å². The molecule has 0 radical (unpaired) electrons. The van der Waals surface area contributed by atoms with Gasteiger partial charge in [-0.1, -0.05) is 97.1 Å². The van der Waals surface area contributed by atoms with E-state index < -0.39 is 0 Å². The SMILES string of the molecule is [Ir+3].c1ccc2c(-c3nc4ccccc4o3)cccc2c1.c1ccc2c(-c3nc4ccccc4o3)cccc2c1. The summed E-state index contributed by atoms with van der Waals surface area (Å²) in [5, 5.41) is 4.72. The first-order chi connectivity index (χ1) is 18.8. The van der Waals surface area contributed by atoms with Crippen molar-refractivity contribution in [2.75, 3.05) is 0 Å². The van der Waals surface area contributed by atoms with Crippen molar-refractivity contribution in [1.82, 2.24) is 9.97 Å². The van der Waals surface area contributed by atoms with Crippen LogP contribution in [0, 0.1) is 0 Å². The van der Waals surface area contributed by atoms with Crippen LogP contribution < -0.4 is 0 Å². The van der Waals surface area contributed by atoms with Gasteiger partial charge in [0.05, 0.1) is 0 Å². The number of nitrogens with zero attached hydrogens (tertiary/aromatic N) is 2. The summed E-state index contributed by atoms with van der Waals surface area (Å²) >= 11 is 0. The molecule has 2 heterocycles. The van der Waals surface area contributed by atoms with E-state index >= 15 is 0 Å². The second kappa shape index (κ2) is 10.7. The van der Waals surface area contributed by atoms with E-state index in [0.717, 1.165) is 44.1 Å². The number of hydrogen-bond donors (Lipinski definition) is 0. The van der Waals surface area contributed by atoms with E-state index in [1.54, 1.807) is 0 Å². The minimum absolute atomic E-state index is 0. The Morgan fingerprint density at radius 1 is 0.385 bits per heavy atom. The van der Waals surface area contributed by atoms with Gasteiger partial charge in [-0.25, -0.2) is 9.97 Å². The molecule has 186 valence electrons. The van der Waals surface area contributed by atoms with Crippen molar-refractivity contribution in [3.05, 3.63) is 133 Å². The van der Waals surface area contributed by atoms with Crippen LogP contribution in [-0.2, 0) is 20.1 Å². The van der Waals surface area contributed by atoms with Crippen molar-refractivity contribution in [1.29, 1.82) is 0 Å². The molecule has 0 N–H and O–H groups in total. The van der Waals surface area contributed by atoms with Crippen LogP contribution in [0.25, 0.3) is 66.7 Å². The maximum absolute atomic E-state index is 5.85. The average molecular weight is 683 g/mol. The molecule has 0 saturated carbocycles. The van der Waals surface area contributed by atoms with Crippen LogP contribution in [0.2, 0.25) is 0 Å². The van der Waals surface area contributed by atoms with Crippen LogP contribution >= 0.6 is 0 Å². The van der Waals surface area contributed by atoms with Crippen LogP contribution in [0.15, 0.2) is 142 Å². The topological polar surface area (TPSA) is 52.1 Å². The number of oxazole rings is 2. The molecule has 0 unspecified atom stereocenters. The fourth-order valence-corrected chi connectivity index (χ4v) is 4.80. The van der Waals surface area contributed by atoms with Crippen LogP contribution in [0.4, 0.5) is 0 Å². The summed E-state index contributed by atoms with van der Waals surface area (Å²) in [6.45, 7) is 0. The zero-order chi connectivity index (χ0) is 25.3. The van der Waals surface area contributed by atoms with Gasteiger partial charge in [0.1, 0.15) is 11.0 Å². The van der Waals surface area contributed by atoms with E-state index in [4.69, 9.17) is 8.83 Å². The smallest absolute Gasteiger partial charge is 0.436 e. The Morgan fingerprint density at radius 3 is 1.23 bits per heavy atom. The van der Waals surface area contributed by atoms with Crippen molar-refractivity contribution in [2.45, 2.75) is 0 Å². The fraction of sp³-hybridized carbons (Fsp3) is 0. The molecule has 0 aliphatic heterocycles. The molecule has 39 heavy (non-hydrogen) atoms. The summed E-state index contributed by atoms with van der Waals surface area (Å²) in [4.78, 5) is 9.13. The number of aromatic nitrogens is 2. The number of benzene rings is 6. The summed E-state index contributed by atoms with van der Waals surface area (Å²) in [5.41, 5.74) is 5.51. The van der Waals surface area contributed by atoms with E-state index in [2.05, 4.69) is 46.4 Å². The van der Waals surface area contributed by atoms with Crippen molar-refractivity contribution in [2.24, 2.45) is 0 Å². The standard InChI is InChI=1S/2C17H11NO.Ir/c2*1-2-8-13-12(6-1)7-5-9-14(13)17-18-15-10-3-4-11-16(15)19-17;/h2*1-11H;/q;;+3. The molecular weight excluding hydrogens is 661 g/mol. The van der Waals surface area contributed by atoms with E-state index in [1.165, 1.54) is 10.8 Å². The first-order valence-electron chi connectivity index (χ1n) is 12.5. The molecule has 5 heteroatoms. The van der Waals surface area contributed by atoms with Gasteiger partial charge in [0.15, 0.2) is 11.2 Å².